The number of aromatic nitrogens is 3. The maximum atomic E-state index is 4.16. The first-order valence-electron chi connectivity index (χ1n) is 6.62. The smallest absolute Gasteiger partial charge is 0.0729 e. The van der Waals surface area contributed by atoms with E-state index in [2.05, 4.69) is 27.8 Å². The molecule has 1 fully saturated rings. The maximum absolute atomic E-state index is 4.16. The molecule has 0 radical (unpaired) electrons. The fraction of sp³-hybridized carbons (Fsp3) is 0.429. The van der Waals surface area contributed by atoms with Gasteiger partial charge in [0.05, 0.1) is 17.6 Å². The lowest BCUT2D eigenvalue weighted by Crippen LogP contribution is -2.18. The van der Waals surface area contributed by atoms with Gasteiger partial charge in [0, 0.05) is 6.04 Å². The Bertz CT molecular complexity index is 488. The Kier molecular flexibility index (Phi) is 3.37. The van der Waals surface area contributed by atoms with E-state index in [-0.39, 0.29) is 0 Å². The number of aryl methyl sites for hydroxylation is 1. The minimum atomic E-state index is 0.794. The summed E-state index contributed by atoms with van der Waals surface area (Å²) >= 11 is 0. The summed E-state index contributed by atoms with van der Waals surface area (Å²) in [6.07, 6.45) is 6.72. The summed E-state index contributed by atoms with van der Waals surface area (Å²) in [5, 5.41) is 11.7. The number of nitrogens with one attached hydrogen (secondary N) is 1. The van der Waals surface area contributed by atoms with Crippen LogP contribution in [0.3, 0.4) is 0 Å². The van der Waals surface area contributed by atoms with E-state index in [1.165, 1.54) is 18.5 Å². The molecular formula is C14H18N4. The van der Waals surface area contributed by atoms with Crippen molar-refractivity contribution in [1.82, 2.24) is 20.3 Å². The zero-order valence-electron chi connectivity index (χ0n) is 10.4. The first kappa shape index (κ1) is 11.4. The Balaban J connectivity index is 1.60. The van der Waals surface area contributed by atoms with E-state index in [9.17, 15) is 0 Å². The van der Waals surface area contributed by atoms with Crippen molar-refractivity contribution in [3.05, 3.63) is 42.2 Å². The number of rotatable bonds is 6. The molecule has 1 saturated carbocycles. The van der Waals surface area contributed by atoms with E-state index in [4.69, 9.17) is 0 Å². The molecule has 0 bridgehead atoms. The molecule has 1 aromatic heterocycles. The Hall–Kier alpha value is -1.68. The van der Waals surface area contributed by atoms with Crippen LogP contribution in [0.4, 0.5) is 0 Å². The highest BCUT2D eigenvalue weighted by atomic mass is 15.4. The largest absolute Gasteiger partial charge is 0.314 e. The summed E-state index contributed by atoms with van der Waals surface area (Å²) in [4.78, 5) is 0. The third-order valence-corrected chi connectivity index (χ3v) is 3.24. The van der Waals surface area contributed by atoms with Gasteiger partial charge in [0.2, 0.25) is 0 Å². The van der Waals surface area contributed by atoms with Crippen molar-refractivity contribution in [3.63, 3.8) is 0 Å². The van der Waals surface area contributed by atoms with Crippen molar-refractivity contribution >= 4 is 0 Å². The van der Waals surface area contributed by atoms with Crippen LogP contribution >= 0.6 is 0 Å². The topological polar surface area (TPSA) is 42.7 Å². The third kappa shape index (κ3) is 2.76. The maximum Gasteiger partial charge on any atom is 0.0729 e. The van der Waals surface area contributed by atoms with Gasteiger partial charge in [-0.15, -0.1) is 5.10 Å². The lowest BCUT2D eigenvalue weighted by atomic mass is 10.2. The van der Waals surface area contributed by atoms with E-state index in [1.807, 2.05) is 29.1 Å². The van der Waals surface area contributed by atoms with Crippen LogP contribution < -0.4 is 5.32 Å². The molecular weight excluding hydrogens is 224 g/mol. The third-order valence-electron chi connectivity index (χ3n) is 3.24. The highest BCUT2D eigenvalue weighted by Crippen LogP contribution is 2.18. The van der Waals surface area contributed by atoms with E-state index >= 15 is 0 Å². The minimum Gasteiger partial charge on any atom is -0.314 e. The standard InChI is InChI=1S/C14H18N4/c1-2-5-13(6-3-1)18-14(11-16-17-18)7-4-10-15-12-8-9-12/h1-3,5-6,11-12,15H,4,7-10H2. The molecule has 94 valence electrons. The normalized spacial score (nSPS) is 14.9. The Morgan fingerprint density at radius 1 is 1.22 bits per heavy atom. The molecule has 0 atom stereocenters. The average Bonchev–Trinajstić information content (AvgIpc) is 3.12. The predicted molar refractivity (Wildman–Crippen MR) is 70.7 cm³/mol. The van der Waals surface area contributed by atoms with Gasteiger partial charge >= 0.3 is 0 Å². The van der Waals surface area contributed by atoms with E-state index in [0.29, 0.717) is 0 Å². The SMILES string of the molecule is c1ccc(-n2nncc2CCCNC2CC2)cc1. The van der Waals surface area contributed by atoms with Gasteiger partial charge in [0.15, 0.2) is 0 Å². The molecule has 0 unspecified atom stereocenters. The Labute approximate surface area is 107 Å². The molecule has 0 spiro atoms. The summed E-state index contributed by atoms with van der Waals surface area (Å²) in [5.41, 5.74) is 2.26. The Morgan fingerprint density at radius 2 is 2.06 bits per heavy atom. The van der Waals surface area contributed by atoms with Crippen molar-refractivity contribution in [2.75, 3.05) is 6.54 Å². The molecule has 18 heavy (non-hydrogen) atoms. The zero-order valence-corrected chi connectivity index (χ0v) is 10.4. The van der Waals surface area contributed by atoms with Crippen LogP contribution in [0.1, 0.15) is 25.0 Å². The van der Waals surface area contributed by atoms with Crippen LogP contribution in [0.2, 0.25) is 0 Å². The van der Waals surface area contributed by atoms with E-state index < -0.39 is 0 Å². The summed E-state index contributed by atoms with van der Waals surface area (Å²) in [6, 6.07) is 11.0. The van der Waals surface area contributed by atoms with Gasteiger partial charge in [0.1, 0.15) is 0 Å². The highest BCUT2D eigenvalue weighted by Gasteiger charge is 2.19. The second kappa shape index (κ2) is 5.31. The summed E-state index contributed by atoms with van der Waals surface area (Å²) in [7, 11) is 0. The summed E-state index contributed by atoms with van der Waals surface area (Å²) < 4.78 is 1.93. The Morgan fingerprint density at radius 3 is 2.83 bits per heavy atom. The minimum absolute atomic E-state index is 0.794. The van der Waals surface area contributed by atoms with E-state index in [1.54, 1.807) is 0 Å². The molecule has 1 N–H and O–H groups in total. The van der Waals surface area contributed by atoms with Gasteiger partial charge in [-0.3, -0.25) is 0 Å². The van der Waals surface area contributed by atoms with Crippen molar-refractivity contribution in [1.29, 1.82) is 0 Å². The molecule has 2 aromatic rings. The first-order chi connectivity index (χ1) is 8.93. The number of para-hydroxylation sites is 1. The highest BCUT2D eigenvalue weighted by molar-refractivity contribution is 5.31. The molecule has 1 aromatic carbocycles. The molecule has 0 amide bonds. The van der Waals surface area contributed by atoms with Crippen LogP contribution in [0, 0.1) is 0 Å². The van der Waals surface area contributed by atoms with Crippen LogP contribution in [0.5, 0.6) is 0 Å². The van der Waals surface area contributed by atoms with Gasteiger partial charge < -0.3 is 5.32 Å². The van der Waals surface area contributed by atoms with E-state index in [0.717, 1.165) is 31.1 Å². The molecule has 1 heterocycles. The number of hydrogen-bond acceptors (Lipinski definition) is 3. The second-order valence-corrected chi connectivity index (χ2v) is 4.80. The fourth-order valence-corrected chi connectivity index (χ4v) is 2.08. The average molecular weight is 242 g/mol. The van der Waals surface area contributed by atoms with Gasteiger partial charge in [-0.2, -0.15) is 0 Å². The monoisotopic (exact) mass is 242 g/mol. The van der Waals surface area contributed by atoms with Crippen molar-refractivity contribution in [2.45, 2.75) is 31.7 Å². The molecule has 3 rings (SSSR count). The molecule has 0 saturated heterocycles. The van der Waals surface area contributed by atoms with Crippen LogP contribution in [-0.2, 0) is 6.42 Å². The fourth-order valence-electron chi connectivity index (χ4n) is 2.08. The van der Waals surface area contributed by atoms with Crippen LogP contribution in [0.25, 0.3) is 5.69 Å². The zero-order chi connectivity index (χ0) is 12.2. The first-order valence-corrected chi connectivity index (χ1v) is 6.62. The van der Waals surface area contributed by atoms with Crippen LogP contribution in [0.15, 0.2) is 36.5 Å². The molecule has 4 heteroatoms. The lowest BCUT2D eigenvalue weighted by Gasteiger charge is -2.06. The molecule has 1 aliphatic carbocycles. The van der Waals surface area contributed by atoms with Gasteiger partial charge in [-0.1, -0.05) is 23.4 Å². The van der Waals surface area contributed by atoms with Gasteiger partial charge in [-0.05, 0) is 44.4 Å². The summed E-state index contributed by atoms with van der Waals surface area (Å²) in [6.45, 7) is 1.09. The van der Waals surface area contributed by atoms with Gasteiger partial charge in [0.25, 0.3) is 0 Å². The lowest BCUT2D eigenvalue weighted by molar-refractivity contribution is 0.631. The van der Waals surface area contributed by atoms with Crippen molar-refractivity contribution in [2.24, 2.45) is 0 Å². The number of benzene rings is 1. The van der Waals surface area contributed by atoms with Crippen LogP contribution in [-0.4, -0.2) is 27.6 Å². The molecule has 0 aliphatic heterocycles. The predicted octanol–water partition coefficient (Wildman–Crippen LogP) is 1.95. The van der Waals surface area contributed by atoms with Crippen molar-refractivity contribution in [3.8, 4) is 5.69 Å². The quantitative estimate of drug-likeness (QED) is 0.787. The number of hydrogen-bond donors (Lipinski definition) is 1. The molecule has 4 nitrogen and oxygen atoms in total. The van der Waals surface area contributed by atoms with Gasteiger partial charge in [-0.25, -0.2) is 4.68 Å². The second-order valence-electron chi connectivity index (χ2n) is 4.80. The summed E-state index contributed by atoms with van der Waals surface area (Å²) in [5.74, 6) is 0. The number of nitrogens with zero attached hydrogens (tertiary/aromatic N) is 3. The van der Waals surface area contributed by atoms with Crippen molar-refractivity contribution < 1.29 is 0 Å². The molecule has 1 aliphatic rings.